The third kappa shape index (κ3) is 4.35. The summed E-state index contributed by atoms with van der Waals surface area (Å²) in [4.78, 5) is 17.3. The molecule has 1 aliphatic heterocycles. The number of carbonyl (C=O) groups is 1. The lowest BCUT2D eigenvalue weighted by Crippen LogP contribution is -2.34. The van der Waals surface area contributed by atoms with Crippen molar-refractivity contribution in [1.82, 2.24) is 14.9 Å². The molecular formula is C24H27N3O4. The molecule has 3 aromatic rings. The first-order chi connectivity index (χ1) is 14.9. The third-order valence-electron chi connectivity index (χ3n) is 5.29. The van der Waals surface area contributed by atoms with Crippen LogP contribution in [0.2, 0.25) is 0 Å². The molecular weight excluding hydrogens is 394 g/mol. The van der Waals surface area contributed by atoms with Gasteiger partial charge in [0.2, 0.25) is 0 Å². The number of amides is 1. The Morgan fingerprint density at radius 1 is 1.23 bits per heavy atom. The van der Waals surface area contributed by atoms with Gasteiger partial charge in [-0.1, -0.05) is 30.3 Å². The second-order valence-corrected chi connectivity index (χ2v) is 8.21. The first-order valence-corrected chi connectivity index (χ1v) is 10.2. The zero-order valence-electron chi connectivity index (χ0n) is 18.2. The molecule has 1 atom stereocenters. The monoisotopic (exact) mass is 421 g/mol. The normalized spacial score (nSPS) is 15.0. The topological polar surface area (TPSA) is 74.6 Å². The number of ether oxygens (including phenoxy) is 3. The number of aromatic nitrogens is 2. The average molecular weight is 421 g/mol. The highest BCUT2D eigenvalue weighted by Gasteiger charge is 2.32. The van der Waals surface area contributed by atoms with Gasteiger partial charge in [-0.05, 0) is 26.0 Å². The van der Waals surface area contributed by atoms with Gasteiger partial charge in [-0.15, -0.1) is 0 Å². The van der Waals surface area contributed by atoms with Gasteiger partial charge in [-0.2, -0.15) is 0 Å². The van der Waals surface area contributed by atoms with Crippen LogP contribution in [0.1, 0.15) is 36.8 Å². The Bertz CT molecular complexity index is 1090. The molecule has 0 saturated heterocycles. The number of fused-ring (bicyclic) bond motifs is 1. The number of nitrogens with zero attached hydrogens (tertiary/aromatic N) is 2. The summed E-state index contributed by atoms with van der Waals surface area (Å²) in [7, 11) is 3.50. The van der Waals surface area contributed by atoms with E-state index in [1.54, 1.807) is 13.3 Å². The summed E-state index contributed by atoms with van der Waals surface area (Å²) < 4.78 is 19.3. The third-order valence-corrected chi connectivity index (χ3v) is 5.29. The number of hydrogen-bond acceptors (Lipinski definition) is 5. The predicted octanol–water partition coefficient (Wildman–Crippen LogP) is 3.43. The van der Waals surface area contributed by atoms with Crippen LogP contribution in [0.15, 0.2) is 54.9 Å². The van der Waals surface area contributed by atoms with Crippen molar-refractivity contribution in [3.05, 3.63) is 71.8 Å². The molecule has 2 aromatic carbocycles. The lowest BCUT2D eigenvalue weighted by Gasteiger charge is -2.21. The number of carbonyl (C=O) groups excluding carboxylic acids is 1. The highest BCUT2D eigenvalue weighted by Crippen LogP contribution is 2.41. The summed E-state index contributed by atoms with van der Waals surface area (Å²) in [5, 5.41) is 3.04. The zero-order valence-corrected chi connectivity index (χ0v) is 18.2. The van der Waals surface area contributed by atoms with Crippen LogP contribution in [0.4, 0.5) is 0 Å². The number of nitrogens with one attached hydrogen (secondary N) is 1. The van der Waals surface area contributed by atoms with Crippen molar-refractivity contribution >= 4 is 5.91 Å². The van der Waals surface area contributed by atoms with Crippen LogP contribution >= 0.6 is 0 Å². The highest BCUT2D eigenvalue weighted by atomic mass is 16.5. The molecule has 0 fully saturated rings. The molecule has 7 nitrogen and oxygen atoms in total. The van der Waals surface area contributed by atoms with E-state index in [9.17, 15) is 4.79 Å². The maximum absolute atomic E-state index is 12.9. The van der Waals surface area contributed by atoms with Gasteiger partial charge in [-0.3, -0.25) is 4.79 Å². The molecule has 162 valence electrons. The van der Waals surface area contributed by atoms with Gasteiger partial charge in [0.05, 0.1) is 7.11 Å². The maximum Gasteiger partial charge on any atom is 0.258 e. The Labute approximate surface area is 182 Å². The standard InChI is InChI=1S/C24H27N3O4/c1-24(2)14-16-8-7-11-19(22(16)31-24)30-15-20(28)26-21(23-25-12-13-27(23)3)17-9-5-6-10-18(17)29-4/h5-13,21H,14-15H2,1-4H3,(H,26,28). The summed E-state index contributed by atoms with van der Waals surface area (Å²) in [6.07, 6.45) is 4.35. The molecule has 0 bridgehead atoms. The molecule has 1 N–H and O–H groups in total. The van der Waals surface area contributed by atoms with Crippen molar-refractivity contribution < 1.29 is 19.0 Å². The number of aryl methyl sites for hydroxylation is 1. The minimum atomic E-state index is -0.482. The molecule has 1 unspecified atom stereocenters. The van der Waals surface area contributed by atoms with Gasteiger partial charge in [0.15, 0.2) is 18.1 Å². The van der Waals surface area contributed by atoms with Crippen LogP contribution in [-0.2, 0) is 18.3 Å². The van der Waals surface area contributed by atoms with E-state index in [4.69, 9.17) is 14.2 Å². The Balaban J connectivity index is 1.52. The minimum Gasteiger partial charge on any atom is -0.496 e. The molecule has 1 aromatic heterocycles. The van der Waals surface area contributed by atoms with Gasteiger partial charge in [0, 0.05) is 37.0 Å². The van der Waals surface area contributed by atoms with Crippen molar-refractivity contribution in [2.24, 2.45) is 7.05 Å². The van der Waals surface area contributed by atoms with Crippen LogP contribution in [-0.4, -0.2) is 34.8 Å². The summed E-state index contributed by atoms with van der Waals surface area (Å²) in [5.74, 6) is 2.39. The summed E-state index contributed by atoms with van der Waals surface area (Å²) in [5.41, 5.74) is 1.62. The van der Waals surface area contributed by atoms with Crippen LogP contribution in [0.5, 0.6) is 17.2 Å². The highest BCUT2D eigenvalue weighted by molar-refractivity contribution is 5.78. The molecule has 1 amide bonds. The van der Waals surface area contributed by atoms with E-state index in [1.807, 2.05) is 74.1 Å². The van der Waals surface area contributed by atoms with E-state index in [0.717, 1.165) is 17.5 Å². The van der Waals surface area contributed by atoms with E-state index in [2.05, 4.69) is 10.3 Å². The maximum atomic E-state index is 12.9. The van der Waals surface area contributed by atoms with Crippen LogP contribution in [0.3, 0.4) is 0 Å². The molecule has 4 rings (SSSR count). The van der Waals surface area contributed by atoms with E-state index in [1.165, 1.54) is 0 Å². The number of benzene rings is 2. The molecule has 0 aliphatic carbocycles. The minimum absolute atomic E-state index is 0.143. The lowest BCUT2D eigenvalue weighted by atomic mass is 10.0. The molecule has 0 saturated carbocycles. The van der Waals surface area contributed by atoms with Gasteiger partial charge < -0.3 is 24.1 Å². The number of rotatable bonds is 7. The SMILES string of the molecule is COc1ccccc1C(NC(=O)COc1cccc2c1OC(C)(C)C2)c1nccn1C. The Morgan fingerprint density at radius 3 is 2.74 bits per heavy atom. The second kappa shape index (κ2) is 8.34. The fourth-order valence-corrected chi connectivity index (χ4v) is 3.89. The van der Waals surface area contributed by atoms with Crippen molar-refractivity contribution in [2.45, 2.75) is 31.9 Å². The van der Waals surface area contributed by atoms with E-state index < -0.39 is 6.04 Å². The number of hydrogen-bond donors (Lipinski definition) is 1. The van der Waals surface area contributed by atoms with Crippen molar-refractivity contribution in [3.8, 4) is 17.2 Å². The van der Waals surface area contributed by atoms with Crippen LogP contribution in [0, 0.1) is 0 Å². The fourth-order valence-electron chi connectivity index (χ4n) is 3.89. The van der Waals surface area contributed by atoms with Gasteiger partial charge in [-0.25, -0.2) is 4.98 Å². The number of para-hydroxylation sites is 2. The lowest BCUT2D eigenvalue weighted by molar-refractivity contribution is -0.123. The Kier molecular flexibility index (Phi) is 5.59. The molecule has 31 heavy (non-hydrogen) atoms. The van der Waals surface area contributed by atoms with Gasteiger partial charge in [0.25, 0.3) is 5.91 Å². The summed E-state index contributed by atoms with van der Waals surface area (Å²) in [6, 6.07) is 12.9. The fraction of sp³-hybridized carbons (Fsp3) is 0.333. The Hall–Kier alpha value is -3.48. The number of methoxy groups -OCH3 is 1. The largest absolute Gasteiger partial charge is 0.496 e. The molecule has 2 heterocycles. The quantitative estimate of drug-likeness (QED) is 0.633. The Morgan fingerprint density at radius 2 is 2.00 bits per heavy atom. The molecule has 1 aliphatic rings. The average Bonchev–Trinajstić information content (AvgIpc) is 3.31. The van der Waals surface area contributed by atoms with E-state index >= 15 is 0 Å². The van der Waals surface area contributed by atoms with E-state index in [-0.39, 0.29) is 18.1 Å². The molecule has 0 radical (unpaired) electrons. The van der Waals surface area contributed by atoms with Crippen LogP contribution in [0.25, 0.3) is 0 Å². The van der Waals surface area contributed by atoms with Gasteiger partial charge in [0.1, 0.15) is 23.2 Å². The summed E-state index contributed by atoms with van der Waals surface area (Å²) in [6.45, 7) is 3.93. The van der Waals surface area contributed by atoms with Crippen molar-refractivity contribution in [3.63, 3.8) is 0 Å². The van der Waals surface area contributed by atoms with Crippen molar-refractivity contribution in [1.29, 1.82) is 0 Å². The van der Waals surface area contributed by atoms with Gasteiger partial charge >= 0.3 is 0 Å². The van der Waals surface area contributed by atoms with E-state index in [0.29, 0.717) is 23.1 Å². The predicted molar refractivity (Wildman–Crippen MR) is 117 cm³/mol. The summed E-state index contributed by atoms with van der Waals surface area (Å²) >= 11 is 0. The zero-order chi connectivity index (χ0) is 22.0. The van der Waals surface area contributed by atoms with Crippen molar-refractivity contribution in [2.75, 3.05) is 13.7 Å². The second-order valence-electron chi connectivity index (χ2n) is 8.21. The first kappa shape index (κ1) is 20.8. The molecule has 0 spiro atoms. The first-order valence-electron chi connectivity index (χ1n) is 10.2. The smallest absolute Gasteiger partial charge is 0.258 e. The number of imidazole rings is 1. The van der Waals surface area contributed by atoms with Crippen LogP contribution < -0.4 is 19.5 Å². The molecule has 7 heteroatoms.